The van der Waals surface area contributed by atoms with Crippen LogP contribution in [0.2, 0.25) is 0 Å². The topological polar surface area (TPSA) is 320 Å². The fraction of sp³-hybridized carbons (Fsp3) is 0.375. The van der Waals surface area contributed by atoms with Crippen LogP contribution in [-0.4, -0.2) is 124 Å². The molecule has 8 atom stereocenters. The number of phenols is 1. The Kier molecular flexibility index (Phi) is 15.4. The van der Waals surface area contributed by atoms with E-state index in [4.69, 9.17) is 10.5 Å². The number of nitrogens with zero attached hydrogens (tertiary/aromatic N) is 2. The molecule has 3 heterocycles. The van der Waals surface area contributed by atoms with Gasteiger partial charge in [0.15, 0.2) is 0 Å². The molecule has 2 aromatic carbocycles. The summed E-state index contributed by atoms with van der Waals surface area (Å²) in [6.07, 6.45) is 2.18. The highest BCUT2D eigenvalue weighted by atomic mass is 32.2. The number of carbonyl (C=O) groups is 5. The Bertz CT molecular complexity index is 2470. The van der Waals surface area contributed by atoms with Crippen molar-refractivity contribution >= 4 is 51.4 Å². The molecule has 1 aliphatic rings. The zero-order valence-electron chi connectivity index (χ0n) is 33.9. The number of phenolic OH excluding ortho intramolecular Hbond substituents is 1. The van der Waals surface area contributed by atoms with E-state index in [0.717, 1.165) is 38.8 Å². The molecule has 1 aliphatic heterocycles. The molecule has 2 aromatic heterocycles. The number of aromatic nitrogens is 3. The summed E-state index contributed by atoms with van der Waals surface area (Å²) in [7, 11) is -0.104. The first-order valence-corrected chi connectivity index (χ1v) is 21.1. The van der Waals surface area contributed by atoms with Crippen molar-refractivity contribution in [1.29, 1.82) is 0 Å². The van der Waals surface area contributed by atoms with Crippen LogP contribution in [0.25, 0.3) is 10.9 Å². The summed E-state index contributed by atoms with van der Waals surface area (Å²) in [5.74, 6) is -3.98. The summed E-state index contributed by atoms with van der Waals surface area (Å²) in [6, 6.07) is 6.53. The van der Waals surface area contributed by atoms with E-state index in [2.05, 4.69) is 31.2 Å². The van der Waals surface area contributed by atoms with Crippen molar-refractivity contribution < 1.29 is 48.2 Å². The number of rotatable bonds is 18. The summed E-state index contributed by atoms with van der Waals surface area (Å²) in [5, 5.41) is 41.2. The zero-order chi connectivity index (χ0) is 45.2. The molecule has 1 unspecified atom stereocenters. The highest BCUT2D eigenvalue weighted by Gasteiger charge is 2.37. The number of nitrogens with one attached hydrogen (secondary N) is 6. The molecule has 0 aliphatic carbocycles. The summed E-state index contributed by atoms with van der Waals surface area (Å²) in [4.78, 5) is 97.5. The number of hydrogen-bond donors (Lipinski definition) is 10. The Morgan fingerprint density at radius 3 is 2.45 bits per heavy atom. The number of likely N-dealkylation sites (N-methyl/N-ethyl adjacent to an activating group) is 1. The van der Waals surface area contributed by atoms with Crippen molar-refractivity contribution in [2.75, 3.05) is 19.1 Å². The number of aromatic hydroxyl groups is 1. The first kappa shape index (κ1) is 46.3. The molecule has 21 nitrogen and oxygen atoms in total. The lowest BCUT2D eigenvalue weighted by atomic mass is 10.0. The van der Waals surface area contributed by atoms with Gasteiger partial charge in [-0.1, -0.05) is 30.3 Å². The first-order valence-electron chi connectivity index (χ1n) is 19.3. The van der Waals surface area contributed by atoms with E-state index in [-0.39, 0.29) is 42.9 Å². The first-order chi connectivity index (χ1) is 29.4. The van der Waals surface area contributed by atoms with Crippen LogP contribution in [0.3, 0.4) is 0 Å². The molecule has 1 saturated heterocycles. The van der Waals surface area contributed by atoms with Crippen molar-refractivity contribution in [2.24, 2.45) is 5.73 Å². The third kappa shape index (κ3) is 11.9. The molecule has 62 heavy (non-hydrogen) atoms. The van der Waals surface area contributed by atoms with Crippen LogP contribution in [0.1, 0.15) is 37.1 Å². The Hall–Kier alpha value is -6.78. The van der Waals surface area contributed by atoms with Crippen molar-refractivity contribution in [1.82, 2.24) is 40.7 Å². The Morgan fingerprint density at radius 1 is 1.03 bits per heavy atom. The number of carboxylic acid groups (broad SMARTS) is 1. The Labute approximate surface area is 356 Å². The molecular formula is C40H49N9O12S. The zero-order valence-corrected chi connectivity index (χ0v) is 34.7. The van der Waals surface area contributed by atoms with Gasteiger partial charge in [-0.05, 0) is 49.1 Å². The van der Waals surface area contributed by atoms with Gasteiger partial charge in [0.25, 0.3) is 5.56 Å². The monoisotopic (exact) mass is 879 g/mol. The number of nitrogens with two attached hydrogens (primary N) is 1. The molecule has 0 bridgehead atoms. The van der Waals surface area contributed by atoms with Gasteiger partial charge in [0, 0.05) is 78.3 Å². The van der Waals surface area contributed by atoms with E-state index in [0.29, 0.717) is 11.1 Å². The number of H-pyrrole nitrogens is 2. The second kappa shape index (κ2) is 20.7. The number of carboxylic acids is 1. The van der Waals surface area contributed by atoms with Gasteiger partial charge < -0.3 is 56.9 Å². The normalized spacial score (nSPS) is 18.4. The molecule has 1 fully saturated rings. The van der Waals surface area contributed by atoms with Crippen LogP contribution in [0, 0.1) is 0 Å². The number of aliphatic carboxylic acids is 1. The van der Waals surface area contributed by atoms with Crippen LogP contribution < -0.4 is 38.2 Å². The Morgan fingerprint density at radius 2 is 1.76 bits per heavy atom. The number of aliphatic hydroxyl groups is 1. The maximum absolute atomic E-state index is 14.1. The van der Waals surface area contributed by atoms with Gasteiger partial charge in [-0.15, -0.1) is 0 Å². The standard InChI is InChI=1S/C40H49N9O12S/c1-21(48(2)36(55)27(41)16-22-7-6-8-24(50)15-22)33(35(54)43-20-25-18-31(51)37(61-25)49-13-11-32(52)46-40(49)59)47-34(53)29(12-14-62(3)60)44-39(58)45-30(38(56)57)17-23-19-42-28-10-5-4-9-26(23)28/h4-11,13,15,19-21,27,29-31,33,37,42,50-51H,12,14,16-18,41H2,1-3H3,(H,43,54)(H,47,53)(H,56,57)(H2,44,45,58)(H,46,52,59)/b25-20+/t21-,27-,29-,30-,31+,33-,37+,62?/m0/s1. The lowest BCUT2D eigenvalue weighted by Gasteiger charge is -2.34. The number of aromatic amines is 2. The number of fused-ring (bicyclic) bond motifs is 1. The summed E-state index contributed by atoms with van der Waals surface area (Å²) in [5.41, 5.74) is 6.67. The lowest BCUT2D eigenvalue weighted by Crippen LogP contribution is -2.62. The van der Waals surface area contributed by atoms with Crippen LogP contribution in [0.5, 0.6) is 5.75 Å². The van der Waals surface area contributed by atoms with E-state index in [1.54, 1.807) is 36.5 Å². The minimum Gasteiger partial charge on any atom is -0.508 e. The minimum atomic E-state index is -1.58. The molecule has 332 valence electrons. The van der Waals surface area contributed by atoms with E-state index in [1.807, 2.05) is 6.07 Å². The summed E-state index contributed by atoms with van der Waals surface area (Å²) in [6.45, 7) is 1.45. The van der Waals surface area contributed by atoms with Gasteiger partial charge in [0.2, 0.25) is 23.9 Å². The van der Waals surface area contributed by atoms with E-state index >= 15 is 0 Å². The van der Waals surface area contributed by atoms with Crippen LogP contribution in [0.15, 0.2) is 88.5 Å². The van der Waals surface area contributed by atoms with Gasteiger partial charge in [-0.3, -0.25) is 32.9 Å². The molecule has 22 heteroatoms. The molecule has 5 amide bonds. The van der Waals surface area contributed by atoms with Crippen molar-refractivity contribution in [3.63, 3.8) is 0 Å². The third-order valence-corrected chi connectivity index (χ3v) is 11.0. The second-order valence-corrected chi connectivity index (χ2v) is 16.3. The molecule has 0 radical (unpaired) electrons. The fourth-order valence-corrected chi connectivity index (χ4v) is 7.36. The third-order valence-electron chi connectivity index (χ3n) is 10.2. The smallest absolute Gasteiger partial charge is 0.331 e. The maximum Gasteiger partial charge on any atom is 0.331 e. The predicted octanol–water partition coefficient (Wildman–Crippen LogP) is -1.01. The molecule has 5 rings (SSSR count). The largest absolute Gasteiger partial charge is 0.508 e. The number of hydrogen-bond acceptors (Lipinski definition) is 12. The molecule has 0 spiro atoms. The highest BCUT2D eigenvalue weighted by molar-refractivity contribution is 7.84. The predicted molar refractivity (Wildman–Crippen MR) is 225 cm³/mol. The van der Waals surface area contributed by atoms with E-state index < -0.39 is 94.3 Å². The van der Waals surface area contributed by atoms with Crippen LogP contribution >= 0.6 is 0 Å². The number of para-hydroxylation sites is 1. The SMILES string of the molecule is C[C@@H]([C@H](NC(=O)[C@H](CCS(C)=O)NC(=O)N[C@@H](Cc1c[nH]c2ccccc12)C(=O)O)C(=O)N/C=C1\C[C@@H](O)[C@H](n2ccc(=O)[nH]c2=O)O1)N(C)C(=O)[C@@H](N)Cc1cccc(O)c1. The number of ether oxygens (including phenoxy) is 1. The van der Waals surface area contributed by atoms with Gasteiger partial charge in [-0.25, -0.2) is 14.4 Å². The number of amides is 5. The average molecular weight is 880 g/mol. The number of carbonyl (C=O) groups excluding carboxylic acids is 4. The molecule has 0 saturated carbocycles. The summed E-state index contributed by atoms with van der Waals surface area (Å²) >= 11 is 0. The maximum atomic E-state index is 14.1. The van der Waals surface area contributed by atoms with Gasteiger partial charge >= 0.3 is 17.7 Å². The summed E-state index contributed by atoms with van der Waals surface area (Å²) < 4.78 is 18.8. The van der Waals surface area contributed by atoms with E-state index in [1.165, 1.54) is 32.4 Å². The fourth-order valence-electron chi connectivity index (χ4n) is 6.79. The van der Waals surface area contributed by atoms with Gasteiger partial charge in [-0.2, -0.15) is 0 Å². The number of aliphatic hydroxyl groups excluding tert-OH is 1. The average Bonchev–Trinajstić information content (AvgIpc) is 3.81. The number of urea groups is 1. The van der Waals surface area contributed by atoms with Crippen molar-refractivity contribution in [2.45, 2.75) is 75.1 Å². The number of benzene rings is 2. The van der Waals surface area contributed by atoms with Crippen LogP contribution in [-0.2, 0) is 47.6 Å². The van der Waals surface area contributed by atoms with E-state index in [9.17, 15) is 53.1 Å². The quantitative estimate of drug-likeness (QED) is 0.0574. The Balaban J connectivity index is 1.36. The molecule has 11 N–H and O–H groups in total. The van der Waals surface area contributed by atoms with Gasteiger partial charge in [0.05, 0.1) is 12.1 Å². The highest BCUT2D eigenvalue weighted by Crippen LogP contribution is 2.30. The minimum absolute atomic E-state index is 0.00570. The van der Waals surface area contributed by atoms with Gasteiger partial charge in [0.1, 0.15) is 35.7 Å². The molecule has 4 aromatic rings. The van der Waals surface area contributed by atoms with Crippen LogP contribution in [0.4, 0.5) is 4.79 Å². The molecular weight excluding hydrogens is 831 g/mol. The van der Waals surface area contributed by atoms with Crippen molar-refractivity contribution in [3.05, 3.63) is 111 Å². The second-order valence-electron chi connectivity index (χ2n) is 14.8. The van der Waals surface area contributed by atoms with Crippen molar-refractivity contribution in [3.8, 4) is 5.75 Å². The lowest BCUT2D eigenvalue weighted by molar-refractivity contribution is -0.139.